The number of rotatable bonds is 2. The number of fused-ring (bicyclic) bond motifs is 1. The van der Waals surface area contributed by atoms with Crippen molar-refractivity contribution < 1.29 is 0 Å². The normalized spacial score (nSPS) is 30.6. The van der Waals surface area contributed by atoms with Crippen LogP contribution in [0.5, 0.6) is 0 Å². The zero-order valence-electron chi connectivity index (χ0n) is 9.89. The van der Waals surface area contributed by atoms with E-state index >= 15 is 0 Å². The molecule has 0 amide bonds. The second-order valence-electron chi connectivity index (χ2n) is 5.22. The molecule has 2 atom stereocenters. The van der Waals surface area contributed by atoms with Crippen LogP contribution in [0.2, 0.25) is 0 Å². The fourth-order valence-electron chi connectivity index (χ4n) is 3.07. The van der Waals surface area contributed by atoms with Crippen molar-refractivity contribution in [2.45, 2.75) is 13.0 Å². The smallest absolute Gasteiger partial charge is 0.0534 e. The number of aryl methyl sites for hydroxylation is 1. The van der Waals surface area contributed by atoms with Gasteiger partial charge in [0.15, 0.2) is 0 Å². The van der Waals surface area contributed by atoms with Gasteiger partial charge in [0.05, 0.1) is 6.20 Å². The molecule has 0 aliphatic carbocycles. The Kier molecular flexibility index (Phi) is 2.69. The SMILES string of the molecule is Cn1cc(CN2CC[C@@H]3CNC[C@H]3C2)cn1. The first-order chi connectivity index (χ1) is 7.81. The van der Waals surface area contributed by atoms with Gasteiger partial charge in [0.2, 0.25) is 0 Å². The Morgan fingerprint density at radius 2 is 2.31 bits per heavy atom. The summed E-state index contributed by atoms with van der Waals surface area (Å²) in [6, 6.07) is 0. The van der Waals surface area contributed by atoms with Crippen molar-refractivity contribution in [1.82, 2.24) is 20.0 Å². The summed E-state index contributed by atoms with van der Waals surface area (Å²) < 4.78 is 1.89. The monoisotopic (exact) mass is 220 g/mol. The van der Waals surface area contributed by atoms with Gasteiger partial charge in [-0.2, -0.15) is 5.10 Å². The maximum absolute atomic E-state index is 4.23. The Morgan fingerprint density at radius 3 is 3.12 bits per heavy atom. The third-order valence-corrected chi connectivity index (χ3v) is 3.95. The zero-order chi connectivity index (χ0) is 11.0. The standard InChI is InChI=1S/C12H20N4/c1-15-7-10(4-14-15)8-16-3-2-11-5-13-6-12(11)9-16/h4,7,11-13H,2-3,5-6,8-9H2,1H3/t11-,12+/m1/s1. The van der Waals surface area contributed by atoms with Gasteiger partial charge in [-0.15, -0.1) is 0 Å². The van der Waals surface area contributed by atoms with Crippen molar-refractivity contribution in [3.8, 4) is 0 Å². The molecule has 1 N–H and O–H groups in total. The predicted molar refractivity (Wildman–Crippen MR) is 63.0 cm³/mol. The third-order valence-electron chi connectivity index (χ3n) is 3.95. The highest BCUT2D eigenvalue weighted by molar-refractivity contribution is 5.04. The number of hydrogen-bond donors (Lipinski definition) is 1. The molecule has 0 unspecified atom stereocenters. The molecular weight excluding hydrogens is 200 g/mol. The van der Waals surface area contributed by atoms with Gasteiger partial charge in [-0.3, -0.25) is 9.58 Å². The summed E-state index contributed by atoms with van der Waals surface area (Å²) in [5, 5.41) is 7.74. The molecule has 2 aliphatic heterocycles. The molecule has 3 heterocycles. The lowest BCUT2D eigenvalue weighted by atomic mass is 9.88. The molecule has 4 nitrogen and oxygen atoms in total. The minimum absolute atomic E-state index is 0.880. The Bertz CT molecular complexity index is 360. The van der Waals surface area contributed by atoms with Gasteiger partial charge in [0, 0.05) is 31.9 Å². The lowest BCUT2D eigenvalue weighted by molar-refractivity contribution is 0.142. The zero-order valence-corrected chi connectivity index (χ0v) is 9.89. The summed E-state index contributed by atoms with van der Waals surface area (Å²) in [7, 11) is 1.98. The van der Waals surface area contributed by atoms with Crippen molar-refractivity contribution in [3.05, 3.63) is 18.0 Å². The van der Waals surface area contributed by atoms with Gasteiger partial charge >= 0.3 is 0 Å². The van der Waals surface area contributed by atoms with E-state index in [0.717, 1.165) is 18.4 Å². The fraction of sp³-hybridized carbons (Fsp3) is 0.750. The number of piperidine rings is 1. The van der Waals surface area contributed by atoms with Gasteiger partial charge in [0.1, 0.15) is 0 Å². The lowest BCUT2D eigenvalue weighted by Gasteiger charge is -2.34. The molecule has 88 valence electrons. The summed E-state index contributed by atoms with van der Waals surface area (Å²) in [6.45, 7) is 6.03. The minimum Gasteiger partial charge on any atom is -0.316 e. The van der Waals surface area contributed by atoms with Crippen LogP contribution in [-0.2, 0) is 13.6 Å². The van der Waals surface area contributed by atoms with E-state index < -0.39 is 0 Å². The van der Waals surface area contributed by atoms with Crippen LogP contribution in [0.15, 0.2) is 12.4 Å². The van der Waals surface area contributed by atoms with Gasteiger partial charge in [0.25, 0.3) is 0 Å². The first kappa shape index (κ1) is 10.3. The van der Waals surface area contributed by atoms with Crippen molar-refractivity contribution in [2.24, 2.45) is 18.9 Å². The van der Waals surface area contributed by atoms with Crippen molar-refractivity contribution in [3.63, 3.8) is 0 Å². The largest absolute Gasteiger partial charge is 0.316 e. The third kappa shape index (κ3) is 1.99. The van der Waals surface area contributed by atoms with Crippen LogP contribution in [-0.4, -0.2) is 40.9 Å². The van der Waals surface area contributed by atoms with Crippen molar-refractivity contribution in [2.75, 3.05) is 26.2 Å². The van der Waals surface area contributed by atoms with Crippen LogP contribution in [0, 0.1) is 11.8 Å². The Hall–Kier alpha value is -0.870. The van der Waals surface area contributed by atoms with Gasteiger partial charge in [-0.25, -0.2) is 0 Å². The van der Waals surface area contributed by atoms with Gasteiger partial charge in [-0.05, 0) is 37.9 Å². The minimum atomic E-state index is 0.880. The van der Waals surface area contributed by atoms with E-state index in [9.17, 15) is 0 Å². The van der Waals surface area contributed by atoms with E-state index in [1.807, 2.05) is 17.9 Å². The molecule has 1 aromatic rings. The number of aromatic nitrogens is 2. The highest BCUT2D eigenvalue weighted by Crippen LogP contribution is 2.27. The Labute approximate surface area is 96.6 Å². The average molecular weight is 220 g/mol. The molecule has 3 rings (SSSR count). The first-order valence-electron chi connectivity index (χ1n) is 6.22. The highest BCUT2D eigenvalue weighted by atomic mass is 15.2. The van der Waals surface area contributed by atoms with Crippen molar-refractivity contribution in [1.29, 1.82) is 0 Å². The van der Waals surface area contributed by atoms with E-state index in [1.54, 1.807) is 0 Å². The molecule has 2 saturated heterocycles. The molecule has 2 aliphatic rings. The summed E-state index contributed by atoms with van der Waals surface area (Å²) in [6.07, 6.45) is 5.47. The molecule has 0 saturated carbocycles. The maximum Gasteiger partial charge on any atom is 0.0534 e. The summed E-state index contributed by atoms with van der Waals surface area (Å²) >= 11 is 0. The average Bonchev–Trinajstić information content (AvgIpc) is 2.87. The maximum atomic E-state index is 4.23. The fourth-order valence-corrected chi connectivity index (χ4v) is 3.07. The van der Waals surface area contributed by atoms with Crippen LogP contribution < -0.4 is 5.32 Å². The van der Waals surface area contributed by atoms with Crippen molar-refractivity contribution >= 4 is 0 Å². The molecule has 0 radical (unpaired) electrons. The molecule has 0 spiro atoms. The molecule has 16 heavy (non-hydrogen) atoms. The van der Waals surface area contributed by atoms with Gasteiger partial charge in [-0.1, -0.05) is 0 Å². The Morgan fingerprint density at radius 1 is 1.44 bits per heavy atom. The van der Waals surface area contributed by atoms with E-state index in [0.29, 0.717) is 0 Å². The molecular formula is C12H20N4. The lowest BCUT2D eigenvalue weighted by Crippen LogP contribution is -2.39. The molecule has 1 aromatic heterocycles. The number of hydrogen-bond acceptors (Lipinski definition) is 3. The highest BCUT2D eigenvalue weighted by Gasteiger charge is 2.32. The molecule has 2 fully saturated rings. The van der Waals surface area contributed by atoms with Crippen LogP contribution >= 0.6 is 0 Å². The summed E-state index contributed by atoms with van der Waals surface area (Å²) in [5.41, 5.74) is 1.34. The molecule has 0 bridgehead atoms. The van der Waals surface area contributed by atoms with E-state index in [1.165, 1.54) is 38.2 Å². The van der Waals surface area contributed by atoms with Gasteiger partial charge < -0.3 is 5.32 Å². The topological polar surface area (TPSA) is 33.1 Å². The predicted octanol–water partition coefficient (Wildman–Crippen LogP) is 0.461. The van der Waals surface area contributed by atoms with E-state index in [2.05, 4.69) is 21.5 Å². The second kappa shape index (κ2) is 4.18. The number of likely N-dealkylation sites (tertiary alicyclic amines) is 1. The van der Waals surface area contributed by atoms with Crippen LogP contribution in [0.1, 0.15) is 12.0 Å². The quantitative estimate of drug-likeness (QED) is 0.786. The van der Waals surface area contributed by atoms with E-state index in [-0.39, 0.29) is 0 Å². The van der Waals surface area contributed by atoms with Crippen LogP contribution in [0.3, 0.4) is 0 Å². The molecule has 4 heteroatoms. The van der Waals surface area contributed by atoms with Crippen LogP contribution in [0.25, 0.3) is 0 Å². The second-order valence-corrected chi connectivity index (χ2v) is 5.22. The Balaban J connectivity index is 1.60. The first-order valence-corrected chi connectivity index (χ1v) is 6.22. The number of nitrogens with zero attached hydrogens (tertiary/aromatic N) is 3. The number of nitrogens with one attached hydrogen (secondary N) is 1. The van der Waals surface area contributed by atoms with Crippen LogP contribution in [0.4, 0.5) is 0 Å². The summed E-state index contributed by atoms with van der Waals surface area (Å²) in [5.74, 6) is 1.82. The van der Waals surface area contributed by atoms with E-state index in [4.69, 9.17) is 0 Å². The summed E-state index contributed by atoms with van der Waals surface area (Å²) in [4.78, 5) is 2.57. The molecule has 0 aromatic carbocycles.